The molecule has 0 bridgehead atoms. The van der Waals surface area contributed by atoms with E-state index in [0.29, 0.717) is 22.0 Å². The Hall–Kier alpha value is -2.04. The number of hydrogen-bond donors (Lipinski definition) is 2. The van der Waals surface area contributed by atoms with Crippen LogP contribution in [-0.4, -0.2) is 23.0 Å². The number of carboxylic acid groups (broad SMARTS) is 1. The first kappa shape index (κ1) is 18.3. The zero-order valence-electron chi connectivity index (χ0n) is 12.8. The molecule has 2 rings (SSSR count). The molecule has 0 spiro atoms. The number of carbonyl (C=O) groups is 2. The molecule has 2 aromatic rings. The molecule has 24 heavy (non-hydrogen) atoms. The van der Waals surface area contributed by atoms with Gasteiger partial charge in [-0.15, -0.1) is 0 Å². The summed E-state index contributed by atoms with van der Waals surface area (Å²) in [5.41, 5.74) is 1.61. The molecular formula is C18H17Cl2NO3. The van der Waals surface area contributed by atoms with E-state index in [4.69, 9.17) is 28.3 Å². The molecule has 126 valence electrons. The summed E-state index contributed by atoms with van der Waals surface area (Å²) in [5.74, 6) is -1.23. The number of carboxylic acids is 1. The Bertz CT molecular complexity index is 716. The smallest absolute Gasteiger partial charge is 0.305 e. The maximum Gasteiger partial charge on any atom is 0.305 e. The molecule has 0 heterocycles. The third kappa shape index (κ3) is 5.87. The van der Waals surface area contributed by atoms with E-state index < -0.39 is 12.0 Å². The van der Waals surface area contributed by atoms with Gasteiger partial charge in [-0.05, 0) is 35.7 Å². The summed E-state index contributed by atoms with van der Waals surface area (Å²) < 4.78 is 0. The Morgan fingerprint density at radius 3 is 2.33 bits per heavy atom. The lowest BCUT2D eigenvalue weighted by molar-refractivity contribution is -0.137. The molecule has 0 aliphatic rings. The van der Waals surface area contributed by atoms with Crippen LogP contribution in [0.2, 0.25) is 10.0 Å². The molecule has 2 aromatic carbocycles. The van der Waals surface area contributed by atoms with Gasteiger partial charge in [-0.1, -0.05) is 53.5 Å². The van der Waals surface area contributed by atoms with Crippen molar-refractivity contribution in [2.24, 2.45) is 0 Å². The lowest BCUT2D eigenvalue weighted by atomic mass is 10.0. The van der Waals surface area contributed by atoms with Crippen molar-refractivity contribution < 1.29 is 14.7 Å². The summed E-state index contributed by atoms with van der Waals surface area (Å²) in [7, 11) is 0. The van der Waals surface area contributed by atoms with E-state index in [1.807, 2.05) is 12.1 Å². The highest BCUT2D eigenvalue weighted by Crippen LogP contribution is 2.16. The van der Waals surface area contributed by atoms with Crippen LogP contribution in [0.15, 0.2) is 48.5 Å². The maximum atomic E-state index is 12.2. The number of carbonyl (C=O) groups excluding carboxylic acids is 1. The Labute approximate surface area is 150 Å². The SMILES string of the molecule is O=C(O)CC(Cc1ccc(Cl)cc1)NC(=O)Cc1ccccc1Cl. The van der Waals surface area contributed by atoms with Crippen LogP contribution in [0, 0.1) is 0 Å². The summed E-state index contributed by atoms with van der Waals surface area (Å²) in [6.07, 6.45) is 0.366. The predicted octanol–water partition coefficient (Wildman–Crippen LogP) is 3.74. The summed E-state index contributed by atoms with van der Waals surface area (Å²) in [6.45, 7) is 0. The molecule has 0 saturated heterocycles. The van der Waals surface area contributed by atoms with Gasteiger partial charge < -0.3 is 10.4 Å². The van der Waals surface area contributed by atoms with Gasteiger partial charge in [0.25, 0.3) is 0 Å². The van der Waals surface area contributed by atoms with Crippen molar-refractivity contribution in [3.63, 3.8) is 0 Å². The number of hydrogen-bond acceptors (Lipinski definition) is 2. The summed E-state index contributed by atoms with van der Waals surface area (Å²) in [5, 5.41) is 13.0. The molecule has 1 atom stereocenters. The second-order valence-electron chi connectivity index (χ2n) is 5.46. The van der Waals surface area contributed by atoms with Crippen molar-refractivity contribution in [2.45, 2.75) is 25.3 Å². The first-order valence-corrected chi connectivity index (χ1v) is 8.18. The third-order valence-electron chi connectivity index (χ3n) is 3.49. The van der Waals surface area contributed by atoms with Crippen LogP contribution in [0.4, 0.5) is 0 Å². The fourth-order valence-electron chi connectivity index (χ4n) is 2.38. The van der Waals surface area contributed by atoms with Gasteiger partial charge in [-0.2, -0.15) is 0 Å². The van der Waals surface area contributed by atoms with Crippen LogP contribution >= 0.6 is 23.2 Å². The molecule has 0 radical (unpaired) electrons. The lowest BCUT2D eigenvalue weighted by Crippen LogP contribution is -2.39. The van der Waals surface area contributed by atoms with Gasteiger partial charge in [0.05, 0.1) is 12.8 Å². The second-order valence-corrected chi connectivity index (χ2v) is 6.30. The number of halogens is 2. The van der Waals surface area contributed by atoms with Crippen LogP contribution in [-0.2, 0) is 22.4 Å². The number of amides is 1. The van der Waals surface area contributed by atoms with Crippen molar-refractivity contribution in [3.05, 3.63) is 69.7 Å². The minimum atomic E-state index is -0.966. The first-order valence-electron chi connectivity index (χ1n) is 7.43. The standard InChI is InChI=1S/C18H17Cl2NO3/c19-14-7-5-12(6-8-14)9-15(11-18(23)24)21-17(22)10-13-3-1-2-4-16(13)20/h1-8,15H,9-11H2,(H,21,22)(H,23,24). The molecule has 0 aliphatic heterocycles. The minimum absolute atomic E-state index is 0.108. The average molecular weight is 366 g/mol. The highest BCUT2D eigenvalue weighted by atomic mass is 35.5. The van der Waals surface area contributed by atoms with Crippen molar-refractivity contribution in [1.29, 1.82) is 0 Å². The zero-order valence-corrected chi connectivity index (χ0v) is 14.3. The highest BCUT2D eigenvalue weighted by Gasteiger charge is 2.17. The third-order valence-corrected chi connectivity index (χ3v) is 4.11. The summed E-state index contributed by atoms with van der Waals surface area (Å²) in [4.78, 5) is 23.3. The van der Waals surface area contributed by atoms with Gasteiger partial charge in [-0.3, -0.25) is 9.59 Å². The van der Waals surface area contributed by atoms with Crippen LogP contribution in [0.5, 0.6) is 0 Å². The maximum absolute atomic E-state index is 12.2. The van der Waals surface area contributed by atoms with Crippen molar-refractivity contribution in [2.75, 3.05) is 0 Å². The van der Waals surface area contributed by atoms with Gasteiger partial charge in [0.1, 0.15) is 0 Å². The Morgan fingerprint density at radius 2 is 1.71 bits per heavy atom. The van der Waals surface area contributed by atoms with E-state index in [9.17, 15) is 9.59 Å². The molecule has 0 saturated carbocycles. The first-order chi connectivity index (χ1) is 11.4. The predicted molar refractivity (Wildman–Crippen MR) is 94.5 cm³/mol. The number of benzene rings is 2. The quantitative estimate of drug-likeness (QED) is 0.785. The van der Waals surface area contributed by atoms with Gasteiger partial charge in [0.15, 0.2) is 0 Å². The number of rotatable bonds is 7. The lowest BCUT2D eigenvalue weighted by Gasteiger charge is -2.17. The molecule has 0 aromatic heterocycles. The summed E-state index contributed by atoms with van der Waals surface area (Å²) in [6, 6.07) is 13.7. The number of nitrogens with one attached hydrogen (secondary N) is 1. The van der Waals surface area contributed by atoms with E-state index in [1.165, 1.54) is 0 Å². The second kappa shape index (κ2) is 8.71. The van der Waals surface area contributed by atoms with E-state index >= 15 is 0 Å². The summed E-state index contributed by atoms with van der Waals surface area (Å²) >= 11 is 11.9. The molecule has 1 unspecified atom stereocenters. The molecule has 4 nitrogen and oxygen atoms in total. The monoisotopic (exact) mass is 365 g/mol. The zero-order chi connectivity index (χ0) is 17.5. The van der Waals surface area contributed by atoms with Crippen LogP contribution in [0.25, 0.3) is 0 Å². The minimum Gasteiger partial charge on any atom is -0.481 e. The van der Waals surface area contributed by atoms with Crippen molar-refractivity contribution in [1.82, 2.24) is 5.32 Å². The van der Waals surface area contributed by atoms with Gasteiger partial charge >= 0.3 is 5.97 Å². The van der Waals surface area contributed by atoms with E-state index in [2.05, 4.69) is 5.32 Å². The van der Waals surface area contributed by atoms with E-state index in [1.54, 1.807) is 36.4 Å². The van der Waals surface area contributed by atoms with E-state index in [0.717, 1.165) is 5.56 Å². The van der Waals surface area contributed by atoms with Crippen molar-refractivity contribution in [3.8, 4) is 0 Å². The average Bonchev–Trinajstić information content (AvgIpc) is 2.51. The fraction of sp³-hybridized carbons (Fsp3) is 0.222. The van der Waals surface area contributed by atoms with Crippen LogP contribution in [0.3, 0.4) is 0 Å². The molecule has 6 heteroatoms. The van der Waals surface area contributed by atoms with Gasteiger partial charge in [0, 0.05) is 16.1 Å². The molecule has 2 N–H and O–H groups in total. The van der Waals surface area contributed by atoms with Crippen LogP contribution in [0.1, 0.15) is 17.5 Å². The van der Waals surface area contributed by atoms with Gasteiger partial charge in [0.2, 0.25) is 5.91 Å². The highest BCUT2D eigenvalue weighted by molar-refractivity contribution is 6.31. The Kier molecular flexibility index (Phi) is 6.64. The number of aliphatic carboxylic acids is 1. The Morgan fingerprint density at radius 1 is 1.04 bits per heavy atom. The Balaban J connectivity index is 2.02. The topological polar surface area (TPSA) is 66.4 Å². The molecule has 0 fully saturated rings. The van der Waals surface area contributed by atoms with Crippen molar-refractivity contribution >= 4 is 35.1 Å². The fourth-order valence-corrected chi connectivity index (χ4v) is 2.71. The molecule has 1 amide bonds. The van der Waals surface area contributed by atoms with Crippen LogP contribution < -0.4 is 5.32 Å². The molecule has 0 aliphatic carbocycles. The largest absolute Gasteiger partial charge is 0.481 e. The molecular weight excluding hydrogens is 349 g/mol. The van der Waals surface area contributed by atoms with E-state index in [-0.39, 0.29) is 18.7 Å². The van der Waals surface area contributed by atoms with Gasteiger partial charge in [-0.25, -0.2) is 0 Å². The normalized spacial score (nSPS) is 11.8.